The third kappa shape index (κ3) is 1.46. The first-order valence-corrected chi connectivity index (χ1v) is 4.18. The van der Waals surface area contributed by atoms with E-state index in [0.29, 0.717) is 6.54 Å². The second-order valence-corrected chi connectivity index (χ2v) is 2.84. The molecular weight excluding hydrogens is 162 g/mol. The third-order valence-electron chi connectivity index (χ3n) is 2.03. The molecule has 0 aliphatic heterocycles. The Morgan fingerprint density at radius 3 is 3.00 bits per heavy atom. The van der Waals surface area contributed by atoms with E-state index in [2.05, 4.69) is 9.97 Å². The molecule has 2 heterocycles. The number of rotatable bonds is 2. The van der Waals surface area contributed by atoms with Crippen LogP contribution in [-0.2, 0) is 6.54 Å². The second-order valence-electron chi connectivity index (χ2n) is 2.84. The average molecular weight is 173 g/mol. The lowest BCUT2D eigenvalue weighted by Gasteiger charge is -2.03. The number of hydrogen-bond donors (Lipinski definition) is 2. The van der Waals surface area contributed by atoms with Crippen molar-refractivity contribution in [3.05, 3.63) is 42.5 Å². The zero-order valence-corrected chi connectivity index (χ0v) is 7.20. The highest BCUT2D eigenvalue weighted by Crippen LogP contribution is 2.21. The van der Waals surface area contributed by atoms with E-state index in [1.165, 1.54) is 0 Å². The second kappa shape index (κ2) is 3.41. The molecule has 3 nitrogen and oxygen atoms in total. The zero-order chi connectivity index (χ0) is 9.10. The molecule has 0 bridgehead atoms. The minimum absolute atomic E-state index is 0.522. The molecule has 0 spiro atoms. The van der Waals surface area contributed by atoms with E-state index in [-0.39, 0.29) is 0 Å². The topological polar surface area (TPSA) is 54.7 Å². The summed E-state index contributed by atoms with van der Waals surface area (Å²) >= 11 is 0. The smallest absolute Gasteiger partial charge is 0.0318 e. The van der Waals surface area contributed by atoms with Crippen LogP contribution in [0.15, 0.2) is 36.9 Å². The first-order chi connectivity index (χ1) is 6.42. The van der Waals surface area contributed by atoms with Crippen LogP contribution >= 0.6 is 0 Å². The summed E-state index contributed by atoms with van der Waals surface area (Å²) in [6.45, 7) is 0.522. The minimum atomic E-state index is 0.522. The molecule has 0 amide bonds. The highest BCUT2D eigenvalue weighted by Gasteiger charge is 2.02. The molecule has 0 saturated carbocycles. The van der Waals surface area contributed by atoms with Crippen LogP contribution in [0.3, 0.4) is 0 Å². The van der Waals surface area contributed by atoms with Crippen LogP contribution in [0, 0.1) is 0 Å². The van der Waals surface area contributed by atoms with Gasteiger partial charge in [-0.25, -0.2) is 0 Å². The normalized spacial score (nSPS) is 10.2. The fourth-order valence-corrected chi connectivity index (χ4v) is 1.36. The summed E-state index contributed by atoms with van der Waals surface area (Å²) in [6.07, 6.45) is 7.44. The molecule has 0 radical (unpaired) electrons. The fourth-order valence-electron chi connectivity index (χ4n) is 1.36. The summed E-state index contributed by atoms with van der Waals surface area (Å²) in [5, 5.41) is 0. The summed E-state index contributed by atoms with van der Waals surface area (Å²) in [5.74, 6) is 0. The van der Waals surface area contributed by atoms with Crippen LogP contribution < -0.4 is 5.73 Å². The Morgan fingerprint density at radius 2 is 2.31 bits per heavy atom. The Kier molecular flexibility index (Phi) is 2.10. The number of nitrogens with two attached hydrogens (primary N) is 1. The van der Waals surface area contributed by atoms with Crippen molar-refractivity contribution in [1.82, 2.24) is 9.97 Å². The quantitative estimate of drug-likeness (QED) is 0.723. The number of hydrogen-bond acceptors (Lipinski definition) is 2. The Hall–Kier alpha value is -1.61. The first-order valence-electron chi connectivity index (χ1n) is 4.18. The number of pyridine rings is 1. The van der Waals surface area contributed by atoms with Gasteiger partial charge in [-0.3, -0.25) is 4.98 Å². The fraction of sp³-hybridized carbons (Fsp3) is 0.100. The molecule has 0 aromatic carbocycles. The molecule has 3 N–H and O–H groups in total. The monoisotopic (exact) mass is 173 g/mol. The van der Waals surface area contributed by atoms with Crippen molar-refractivity contribution < 1.29 is 0 Å². The van der Waals surface area contributed by atoms with Crippen molar-refractivity contribution >= 4 is 0 Å². The summed E-state index contributed by atoms with van der Waals surface area (Å²) in [6, 6.07) is 4.00. The molecule has 2 aromatic rings. The summed E-state index contributed by atoms with van der Waals surface area (Å²) in [5.41, 5.74) is 8.98. The van der Waals surface area contributed by atoms with Crippen molar-refractivity contribution in [3.63, 3.8) is 0 Å². The highest BCUT2D eigenvalue weighted by atomic mass is 14.7. The predicted octanol–water partition coefficient (Wildman–Crippen LogP) is 1.54. The van der Waals surface area contributed by atoms with Crippen LogP contribution in [0.5, 0.6) is 0 Å². The molecule has 3 heteroatoms. The van der Waals surface area contributed by atoms with Crippen molar-refractivity contribution in [3.8, 4) is 11.1 Å². The highest BCUT2D eigenvalue weighted by molar-refractivity contribution is 5.65. The van der Waals surface area contributed by atoms with Gasteiger partial charge in [0.05, 0.1) is 0 Å². The van der Waals surface area contributed by atoms with Gasteiger partial charge in [0.25, 0.3) is 0 Å². The van der Waals surface area contributed by atoms with Crippen LogP contribution in [0.4, 0.5) is 0 Å². The standard InChI is InChI=1S/C10H11N3/c11-5-9-7-13-4-2-10(9)8-1-3-12-6-8/h1-4,6-7,12H,5,11H2. The van der Waals surface area contributed by atoms with Gasteiger partial charge in [0.1, 0.15) is 0 Å². The van der Waals surface area contributed by atoms with E-state index >= 15 is 0 Å². The van der Waals surface area contributed by atoms with E-state index in [1.54, 1.807) is 6.20 Å². The summed E-state index contributed by atoms with van der Waals surface area (Å²) < 4.78 is 0. The van der Waals surface area contributed by atoms with Gasteiger partial charge in [-0.05, 0) is 28.8 Å². The van der Waals surface area contributed by atoms with Crippen LogP contribution in [-0.4, -0.2) is 9.97 Å². The molecule has 66 valence electrons. The molecule has 0 fully saturated rings. The molecule has 0 unspecified atom stereocenters. The molecule has 0 aliphatic rings. The zero-order valence-electron chi connectivity index (χ0n) is 7.20. The Balaban J connectivity index is 2.51. The van der Waals surface area contributed by atoms with Gasteiger partial charge in [-0.1, -0.05) is 0 Å². The molecule has 13 heavy (non-hydrogen) atoms. The Bertz CT molecular complexity index is 379. The summed E-state index contributed by atoms with van der Waals surface area (Å²) in [7, 11) is 0. The van der Waals surface area contributed by atoms with E-state index < -0.39 is 0 Å². The van der Waals surface area contributed by atoms with Gasteiger partial charge in [-0.2, -0.15) is 0 Å². The summed E-state index contributed by atoms with van der Waals surface area (Å²) in [4.78, 5) is 7.05. The van der Waals surface area contributed by atoms with Gasteiger partial charge in [-0.15, -0.1) is 0 Å². The molecular formula is C10H11N3. The van der Waals surface area contributed by atoms with Gasteiger partial charge in [0, 0.05) is 31.3 Å². The molecule has 2 aromatic heterocycles. The van der Waals surface area contributed by atoms with Crippen molar-refractivity contribution in [1.29, 1.82) is 0 Å². The number of nitrogens with zero attached hydrogens (tertiary/aromatic N) is 1. The maximum Gasteiger partial charge on any atom is 0.0318 e. The van der Waals surface area contributed by atoms with E-state index in [4.69, 9.17) is 5.73 Å². The number of nitrogens with one attached hydrogen (secondary N) is 1. The third-order valence-corrected chi connectivity index (χ3v) is 2.03. The van der Waals surface area contributed by atoms with Crippen LogP contribution in [0.25, 0.3) is 11.1 Å². The minimum Gasteiger partial charge on any atom is -0.367 e. The lowest BCUT2D eigenvalue weighted by atomic mass is 10.1. The van der Waals surface area contributed by atoms with Crippen molar-refractivity contribution in [2.24, 2.45) is 5.73 Å². The molecule has 2 rings (SSSR count). The molecule has 0 atom stereocenters. The largest absolute Gasteiger partial charge is 0.367 e. The number of aromatic amines is 1. The maximum absolute atomic E-state index is 5.61. The van der Waals surface area contributed by atoms with Crippen molar-refractivity contribution in [2.75, 3.05) is 0 Å². The SMILES string of the molecule is NCc1cnccc1-c1cc[nH]c1. The molecule has 0 aliphatic carbocycles. The Labute approximate surface area is 76.6 Å². The van der Waals surface area contributed by atoms with Crippen LogP contribution in [0.1, 0.15) is 5.56 Å². The lowest BCUT2D eigenvalue weighted by molar-refractivity contribution is 1.05. The van der Waals surface area contributed by atoms with Crippen LogP contribution in [0.2, 0.25) is 0 Å². The van der Waals surface area contributed by atoms with E-state index in [1.807, 2.05) is 30.7 Å². The Morgan fingerprint density at radius 1 is 1.38 bits per heavy atom. The predicted molar refractivity (Wildman–Crippen MR) is 51.9 cm³/mol. The van der Waals surface area contributed by atoms with E-state index in [0.717, 1.165) is 16.7 Å². The number of H-pyrrole nitrogens is 1. The van der Waals surface area contributed by atoms with Crippen molar-refractivity contribution in [2.45, 2.75) is 6.54 Å². The van der Waals surface area contributed by atoms with Gasteiger partial charge < -0.3 is 10.7 Å². The lowest BCUT2D eigenvalue weighted by Crippen LogP contribution is -1.98. The first kappa shape index (κ1) is 8.01. The number of aromatic nitrogens is 2. The van der Waals surface area contributed by atoms with Gasteiger partial charge >= 0.3 is 0 Å². The van der Waals surface area contributed by atoms with Gasteiger partial charge in [0.15, 0.2) is 0 Å². The van der Waals surface area contributed by atoms with Gasteiger partial charge in [0.2, 0.25) is 0 Å². The molecule has 0 saturated heterocycles. The average Bonchev–Trinajstić information content (AvgIpc) is 2.70. The van der Waals surface area contributed by atoms with E-state index in [9.17, 15) is 0 Å². The maximum atomic E-state index is 5.61.